The maximum Gasteiger partial charge on any atom is 0.253 e. The summed E-state index contributed by atoms with van der Waals surface area (Å²) in [5.41, 5.74) is 2.53. The number of benzene rings is 2. The van der Waals surface area contributed by atoms with Gasteiger partial charge in [-0.1, -0.05) is 47.5 Å². The Kier molecular flexibility index (Phi) is 8.79. The van der Waals surface area contributed by atoms with Crippen LogP contribution in [-0.4, -0.2) is 66.0 Å². The fraction of sp³-hybridized carbons (Fsp3) is 0.379. The summed E-state index contributed by atoms with van der Waals surface area (Å²) in [6, 6.07) is 16.5. The predicted octanol–water partition coefficient (Wildman–Crippen LogP) is 5.49. The van der Waals surface area contributed by atoms with Crippen molar-refractivity contribution in [3.63, 3.8) is 0 Å². The molecule has 2 aromatic carbocycles. The average molecular weight is 559 g/mol. The Morgan fingerprint density at radius 2 is 1.61 bits per heavy atom. The van der Waals surface area contributed by atoms with Gasteiger partial charge in [-0.3, -0.25) is 14.6 Å². The number of halogens is 3. The normalized spacial score (nSPS) is 17.5. The van der Waals surface area contributed by atoms with Crippen LogP contribution in [0.2, 0.25) is 10.0 Å². The number of nitrogens with zero attached hydrogens (tertiary/aromatic N) is 4. The second kappa shape index (κ2) is 12.4. The highest BCUT2D eigenvalue weighted by Crippen LogP contribution is 2.27. The number of hydrogen-bond acceptors (Lipinski definition) is 5. The molecule has 9 heteroatoms. The number of piperidine rings is 1. The first-order valence-corrected chi connectivity index (χ1v) is 13.8. The number of likely N-dealkylation sites (tertiary alicyclic amines) is 1. The molecule has 0 bridgehead atoms. The lowest BCUT2D eigenvalue weighted by Gasteiger charge is -2.43. The third-order valence-corrected chi connectivity index (χ3v) is 7.99. The van der Waals surface area contributed by atoms with Crippen molar-refractivity contribution in [2.24, 2.45) is 0 Å². The molecule has 0 atom stereocenters. The van der Waals surface area contributed by atoms with Crippen molar-refractivity contribution in [1.29, 1.82) is 0 Å². The lowest BCUT2D eigenvalue weighted by molar-refractivity contribution is 0.0950. The first-order chi connectivity index (χ1) is 18.4. The van der Waals surface area contributed by atoms with Crippen LogP contribution in [-0.2, 0) is 13.1 Å². The van der Waals surface area contributed by atoms with Gasteiger partial charge in [0.05, 0.1) is 10.6 Å². The van der Waals surface area contributed by atoms with E-state index in [2.05, 4.69) is 37.1 Å². The van der Waals surface area contributed by atoms with Gasteiger partial charge in [0.25, 0.3) is 5.91 Å². The fourth-order valence-electron chi connectivity index (χ4n) is 5.26. The molecule has 2 saturated heterocycles. The summed E-state index contributed by atoms with van der Waals surface area (Å²) in [5.74, 6) is 0.157. The van der Waals surface area contributed by atoms with Crippen molar-refractivity contribution >= 4 is 34.9 Å². The van der Waals surface area contributed by atoms with Gasteiger partial charge in [0.2, 0.25) is 0 Å². The van der Waals surface area contributed by atoms with E-state index >= 15 is 0 Å². The van der Waals surface area contributed by atoms with E-state index in [9.17, 15) is 9.18 Å². The van der Waals surface area contributed by atoms with Crippen LogP contribution >= 0.6 is 23.2 Å². The van der Waals surface area contributed by atoms with E-state index in [-0.39, 0.29) is 13.2 Å². The smallest absolute Gasteiger partial charge is 0.253 e. The number of hydrogen-bond donors (Lipinski definition) is 1. The molecule has 5 rings (SSSR count). The molecule has 0 aliphatic carbocycles. The molecule has 1 aromatic heterocycles. The zero-order chi connectivity index (χ0) is 26.5. The summed E-state index contributed by atoms with van der Waals surface area (Å²) in [4.78, 5) is 24.4. The SMILES string of the molecule is O=C(NCc1ccc(F)cc1)c1cnc(N2CCN(C3CCN(Cc4ccc(Cl)cc4)CC3)CC2)c(Cl)c1.[HH]. The molecule has 6 nitrogen and oxygen atoms in total. The number of anilines is 1. The molecule has 2 aliphatic rings. The van der Waals surface area contributed by atoms with E-state index in [1.165, 1.54) is 30.5 Å². The molecule has 0 radical (unpaired) electrons. The van der Waals surface area contributed by atoms with Crippen LogP contribution in [0.5, 0.6) is 0 Å². The van der Waals surface area contributed by atoms with Crippen LogP contribution in [0.4, 0.5) is 10.2 Å². The highest BCUT2D eigenvalue weighted by Gasteiger charge is 2.28. The molecule has 0 unspecified atom stereocenters. The Bertz CT molecular complexity index is 1230. The molecule has 0 spiro atoms. The van der Waals surface area contributed by atoms with Crippen LogP contribution in [0.15, 0.2) is 60.8 Å². The Morgan fingerprint density at radius 3 is 2.26 bits per heavy atom. The van der Waals surface area contributed by atoms with Crippen LogP contribution in [0.25, 0.3) is 0 Å². The molecule has 2 aliphatic heterocycles. The van der Waals surface area contributed by atoms with Gasteiger partial charge in [-0.25, -0.2) is 9.37 Å². The van der Waals surface area contributed by atoms with Crippen molar-refractivity contribution in [3.8, 4) is 0 Å². The number of aromatic nitrogens is 1. The minimum absolute atomic E-state index is 0. The van der Waals surface area contributed by atoms with Crippen LogP contribution < -0.4 is 10.2 Å². The van der Waals surface area contributed by atoms with Crippen molar-refractivity contribution in [2.75, 3.05) is 44.2 Å². The summed E-state index contributed by atoms with van der Waals surface area (Å²) >= 11 is 12.6. The maximum atomic E-state index is 13.1. The largest absolute Gasteiger partial charge is 0.353 e. The van der Waals surface area contributed by atoms with E-state index in [0.29, 0.717) is 23.2 Å². The van der Waals surface area contributed by atoms with Crippen LogP contribution in [0.3, 0.4) is 0 Å². The standard InChI is InChI=1S/C29H32Cl2FN5O.H2/c30-24-5-1-22(2-6-24)20-35-11-9-26(10-12-35)36-13-15-37(16-14-36)28-27(31)17-23(19-33-28)29(38)34-18-21-3-7-25(32)8-4-21;/h1-8,17,19,26H,9-16,18,20H2,(H,34,38);1H. The Morgan fingerprint density at radius 1 is 0.947 bits per heavy atom. The zero-order valence-electron chi connectivity index (χ0n) is 21.3. The quantitative estimate of drug-likeness (QED) is 0.416. The third-order valence-electron chi connectivity index (χ3n) is 7.46. The van der Waals surface area contributed by atoms with Gasteiger partial charge in [-0.05, 0) is 67.4 Å². The number of pyridine rings is 1. The van der Waals surface area contributed by atoms with E-state index < -0.39 is 0 Å². The summed E-state index contributed by atoms with van der Waals surface area (Å²) < 4.78 is 13.1. The molecular weight excluding hydrogens is 524 g/mol. The van der Waals surface area contributed by atoms with Gasteiger partial charge in [0, 0.05) is 58.0 Å². The second-order valence-corrected chi connectivity index (χ2v) is 10.8. The summed E-state index contributed by atoms with van der Waals surface area (Å²) in [6.45, 7) is 7.14. The highest BCUT2D eigenvalue weighted by atomic mass is 35.5. The molecule has 0 saturated carbocycles. The number of nitrogens with one attached hydrogen (secondary N) is 1. The monoisotopic (exact) mass is 557 g/mol. The van der Waals surface area contributed by atoms with Crippen LogP contribution in [0.1, 0.15) is 35.8 Å². The lowest BCUT2D eigenvalue weighted by atomic mass is 10.0. The Labute approximate surface area is 234 Å². The van der Waals surface area contributed by atoms with Gasteiger partial charge < -0.3 is 10.2 Å². The average Bonchev–Trinajstić information content (AvgIpc) is 2.94. The van der Waals surface area contributed by atoms with Gasteiger partial charge in [-0.2, -0.15) is 0 Å². The highest BCUT2D eigenvalue weighted by molar-refractivity contribution is 6.33. The molecular formula is C29H34Cl2FN5O. The Balaban J connectivity index is 0.00000353. The fourth-order valence-corrected chi connectivity index (χ4v) is 5.68. The van der Waals surface area contributed by atoms with E-state index in [4.69, 9.17) is 23.2 Å². The zero-order valence-corrected chi connectivity index (χ0v) is 22.8. The minimum atomic E-state index is -0.303. The summed E-state index contributed by atoms with van der Waals surface area (Å²) in [5, 5.41) is 4.09. The number of carbonyl (C=O) groups is 1. The number of amides is 1. The second-order valence-electron chi connectivity index (χ2n) is 10.00. The van der Waals surface area contributed by atoms with E-state index in [1.807, 2.05) is 12.1 Å². The van der Waals surface area contributed by atoms with Crippen molar-refractivity contribution < 1.29 is 10.6 Å². The number of carbonyl (C=O) groups excluding carboxylic acids is 1. The first kappa shape index (κ1) is 26.9. The molecule has 3 heterocycles. The topological polar surface area (TPSA) is 51.7 Å². The van der Waals surface area contributed by atoms with Gasteiger partial charge in [-0.15, -0.1) is 0 Å². The number of piperazine rings is 1. The predicted molar refractivity (Wildman–Crippen MR) is 152 cm³/mol. The van der Waals surface area contributed by atoms with Gasteiger partial charge in [0.15, 0.2) is 0 Å². The molecule has 38 heavy (non-hydrogen) atoms. The molecule has 3 aromatic rings. The molecule has 2 fully saturated rings. The first-order valence-electron chi connectivity index (χ1n) is 13.1. The van der Waals surface area contributed by atoms with E-state index in [0.717, 1.165) is 62.2 Å². The summed E-state index contributed by atoms with van der Waals surface area (Å²) in [6.07, 6.45) is 3.92. The number of rotatable bonds is 7. The lowest BCUT2D eigenvalue weighted by Crippen LogP contribution is -2.53. The molecule has 202 valence electrons. The maximum absolute atomic E-state index is 13.1. The van der Waals surface area contributed by atoms with Crippen LogP contribution in [0, 0.1) is 5.82 Å². The van der Waals surface area contributed by atoms with Gasteiger partial charge in [0.1, 0.15) is 11.6 Å². The van der Waals surface area contributed by atoms with Gasteiger partial charge >= 0.3 is 0 Å². The van der Waals surface area contributed by atoms with E-state index in [1.54, 1.807) is 24.4 Å². The molecule has 1 N–H and O–H groups in total. The minimum Gasteiger partial charge on any atom is -0.353 e. The third kappa shape index (κ3) is 6.83. The Hall–Kier alpha value is -2.71. The van der Waals surface area contributed by atoms with Crippen molar-refractivity contribution in [1.82, 2.24) is 20.1 Å². The van der Waals surface area contributed by atoms with Crippen molar-refractivity contribution in [2.45, 2.75) is 32.0 Å². The molecule has 1 amide bonds. The summed E-state index contributed by atoms with van der Waals surface area (Å²) in [7, 11) is 0. The van der Waals surface area contributed by atoms with Crippen molar-refractivity contribution in [3.05, 3.63) is 93.3 Å².